The van der Waals surface area contributed by atoms with E-state index >= 15 is 0 Å². The number of nitro groups is 1. The lowest BCUT2D eigenvalue weighted by Gasteiger charge is -2.23. The second-order valence-electron chi connectivity index (χ2n) is 5.78. The van der Waals surface area contributed by atoms with Crippen molar-refractivity contribution < 1.29 is 14.8 Å². The number of benzene rings is 1. The van der Waals surface area contributed by atoms with Gasteiger partial charge < -0.3 is 14.6 Å². The molecule has 0 unspecified atom stereocenters. The highest BCUT2D eigenvalue weighted by atomic mass is 16.6. The van der Waals surface area contributed by atoms with Crippen LogP contribution in [0.1, 0.15) is 35.9 Å². The maximum absolute atomic E-state index is 12.9. The van der Waals surface area contributed by atoms with E-state index in [1.54, 1.807) is 4.57 Å². The minimum absolute atomic E-state index is 0.0923. The zero-order valence-electron chi connectivity index (χ0n) is 13.8. The number of carbonyl (C=O) groups excluding carboxylic acids is 1. The van der Waals surface area contributed by atoms with Crippen LogP contribution in [0.5, 0.6) is 0 Å². The quantitative estimate of drug-likeness (QED) is 0.624. The van der Waals surface area contributed by atoms with E-state index < -0.39 is 4.92 Å². The SMILES string of the molecule is CC(C)n1cc([N+](=O)[O-])cc1C(=O)N(CCO)Cc1ccccc1. The van der Waals surface area contributed by atoms with Crippen molar-refractivity contribution in [2.24, 2.45) is 0 Å². The van der Waals surface area contributed by atoms with Crippen LogP contribution in [0.2, 0.25) is 0 Å². The zero-order chi connectivity index (χ0) is 17.7. The second-order valence-corrected chi connectivity index (χ2v) is 5.78. The molecule has 0 aliphatic heterocycles. The molecule has 0 saturated carbocycles. The minimum atomic E-state index is -0.511. The summed E-state index contributed by atoms with van der Waals surface area (Å²) < 4.78 is 1.59. The number of nitrogens with zero attached hydrogens (tertiary/aromatic N) is 3. The average molecular weight is 331 g/mol. The summed E-state index contributed by atoms with van der Waals surface area (Å²) in [5.74, 6) is -0.338. The van der Waals surface area contributed by atoms with Gasteiger partial charge in [0.15, 0.2) is 0 Å². The fraction of sp³-hybridized carbons (Fsp3) is 0.353. The molecule has 0 fully saturated rings. The molecular weight excluding hydrogens is 310 g/mol. The van der Waals surface area contributed by atoms with Crippen LogP contribution < -0.4 is 0 Å². The highest BCUT2D eigenvalue weighted by Crippen LogP contribution is 2.22. The highest BCUT2D eigenvalue weighted by Gasteiger charge is 2.24. The van der Waals surface area contributed by atoms with Crippen molar-refractivity contribution in [2.45, 2.75) is 26.4 Å². The van der Waals surface area contributed by atoms with E-state index in [9.17, 15) is 20.0 Å². The van der Waals surface area contributed by atoms with Gasteiger partial charge in [0.25, 0.3) is 11.6 Å². The van der Waals surface area contributed by atoms with Crippen LogP contribution in [0.15, 0.2) is 42.6 Å². The first kappa shape index (κ1) is 17.7. The Bertz CT molecular complexity index is 710. The van der Waals surface area contributed by atoms with E-state index in [2.05, 4.69) is 0 Å². The van der Waals surface area contributed by atoms with Gasteiger partial charge in [0.05, 0.1) is 17.7 Å². The van der Waals surface area contributed by atoms with Gasteiger partial charge in [-0.1, -0.05) is 30.3 Å². The molecule has 1 aromatic heterocycles. The number of amides is 1. The van der Waals surface area contributed by atoms with E-state index in [4.69, 9.17) is 0 Å². The number of hydrogen-bond donors (Lipinski definition) is 1. The molecule has 7 nitrogen and oxygen atoms in total. The van der Waals surface area contributed by atoms with Crippen LogP contribution in [0.3, 0.4) is 0 Å². The first-order valence-corrected chi connectivity index (χ1v) is 7.74. The van der Waals surface area contributed by atoms with E-state index in [1.807, 2.05) is 44.2 Å². The fourth-order valence-corrected chi connectivity index (χ4v) is 2.50. The molecule has 0 aliphatic carbocycles. The van der Waals surface area contributed by atoms with Crippen LogP contribution in [0.25, 0.3) is 0 Å². The molecule has 7 heteroatoms. The molecule has 2 rings (SSSR count). The smallest absolute Gasteiger partial charge is 0.287 e. The lowest BCUT2D eigenvalue weighted by Crippen LogP contribution is -2.34. The Hall–Kier alpha value is -2.67. The van der Waals surface area contributed by atoms with E-state index in [0.717, 1.165) is 5.56 Å². The molecule has 0 bridgehead atoms. The molecule has 0 spiro atoms. The molecule has 2 aromatic rings. The lowest BCUT2D eigenvalue weighted by atomic mass is 10.2. The van der Waals surface area contributed by atoms with Crippen LogP contribution in [-0.4, -0.2) is 38.6 Å². The second kappa shape index (κ2) is 7.74. The van der Waals surface area contributed by atoms with Crippen LogP contribution >= 0.6 is 0 Å². The molecule has 0 aliphatic rings. The van der Waals surface area contributed by atoms with E-state index in [0.29, 0.717) is 6.54 Å². The first-order valence-electron chi connectivity index (χ1n) is 7.74. The molecule has 128 valence electrons. The van der Waals surface area contributed by atoms with Gasteiger partial charge in [0.2, 0.25) is 0 Å². The molecule has 1 heterocycles. The Morgan fingerprint density at radius 2 is 2.00 bits per heavy atom. The summed E-state index contributed by atoms with van der Waals surface area (Å²) in [6.07, 6.45) is 1.37. The van der Waals surface area contributed by atoms with Crippen LogP contribution in [-0.2, 0) is 6.54 Å². The van der Waals surface area contributed by atoms with Gasteiger partial charge in [-0.05, 0) is 19.4 Å². The number of aromatic nitrogens is 1. The molecule has 24 heavy (non-hydrogen) atoms. The number of aliphatic hydroxyl groups excluding tert-OH is 1. The predicted molar refractivity (Wildman–Crippen MR) is 89.7 cm³/mol. The van der Waals surface area contributed by atoms with Crippen molar-refractivity contribution in [1.29, 1.82) is 0 Å². The molecule has 0 radical (unpaired) electrons. The topological polar surface area (TPSA) is 88.6 Å². The third-order valence-corrected chi connectivity index (χ3v) is 3.69. The summed E-state index contributed by atoms with van der Waals surface area (Å²) in [6.45, 7) is 4.02. The fourth-order valence-electron chi connectivity index (χ4n) is 2.50. The van der Waals surface area contributed by atoms with Crippen molar-refractivity contribution in [1.82, 2.24) is 9.47 Å². The Kier molecular flexibility index (Phi) is 5.70. The maximum Gasteiger partial charge on any atom is 0.287 e. The minimum Gasteiger partial charge on any atom is -0.395 e. The maximum atomic E-state index is 12.9. The summed E-state index contributed by atoms with van der Waals surface area (Å²) in [4.78, 5) is 24.9. The van der Waals surface area contributed by atoms with Gasteiger partial charge in [-0.2, -0.15) is 0 Å². The molecule has 1 aromatic carbocycles. The standard InChI is InChI=1S/C17H21N3O4/c1-13(2)19-12-15(20(23)24)10-16(19)17(22)18(8-9-21)11-14-6-4-3-5-7-14/h3-7,10,12-13,21H,8-9,11H2,1-2H3. The Morgan fingerprint density at radius 1 is 1.33 bits per heavy atom. The van der Waals surface area contributed by atoms with Crippen molar-refractivity contribution in [2.75, 3.05) is 13.2 Å². The van der Waals surface area contributed by atoms with E-state index in [1.165, 1.54) is 17.2 Å². The normalized spacial score (nSPS) is 10.8. The van der Waals surface area contributed by atoms with Crippen molar-refractivity contribution >= 4 is 11.6 Å². The number of carbonyl (C=O) groups is 1. The van der Waals surface area contributed by atoms with Gasteiger partial charge in [0, 0.05) is 25.2 Å². The van der Waals surface area contributed by atoms with Crippen molar-refractivity contribution in [3.05, 3.63) is 64.0 Å². The zero-order valence-corrected chi connectivity index (χ0v) is 13.8. The van der Waals surface area contributed by atoms with Crippen LogP contribution in [0, 0.1) is 10.1 Å². The van der Waals surface area contributed by atoms with Crippen molar-refractivity contribution in [3.63, 3.8) is 0 Å². The lowest BCUT2D eigenvalue weighted by molar-refractivity contribution is -0.384. The van der Waals surface area contributed by atoms with Gasteiger partial charge in [-0.15, -0.1) is 0 Å². The van der Waals surface area contributed by atoms with E-state index in [-0.39, 0.29) is 36.5 Å². The van der Waals surface area contributed by atoms with Crippen LogP contribution in [0.4, 0.5) is 5.69 Å². The third kappa shape index (κ3) is 3.99. The average Bonchev–Trinajstić information content (AvgIpc) is 3.00. The monoisotopic (exact) mass is 331 g/mol. The van der Waals surface area contributed by atoms with Gasteiger partial charge in [-0.3, -0.25) is 14.9 Å². The molecule has 1 N–H and O–H groups in total. The number of hydrogen-bond acceptors (Lipinski definition) is 4. The van der Waals surface area contributed by atoms with Gasteiger partial charge in [-0.25, -0.2) is 0 Å². The Balaban J connectivity index is 2.33. The number of rotatable bonds is 7. The molecule has 1 amide bonds. The summed E-state index contributed by atoms with van der Waals surface area (Å²) in [5.41, 5.74) is 1.06. The molecular formula is C17H21N3O4. The molecule has 0 saturated heterocycles. The first-order chi connectivity index (χ1) is 11.4. The summed E-state index contributed by atoms with van der Waals surface area (Å²) in [7, 11) is 0. The van der Waals surface area contributed by atoms with Crippen molar-refractivity contribution in [3.8, 4) is 0 Å². The largest absolute Gasteiger partial charge is 0.395 e. The Morgan fingerprint density at radius 3 is 2.54 bits per heavy atom. The summed E-state index contributed by atoms with van der Waals surface area (Å²) >= 11 is 0. The van der Waals surface area contributed by atoms with Gasteiger partial charge >= 0.3 is 0 Å². The summed E-state index contributed by atoms with van der Waals surface area (Å²) in [6, 6.07) is 10.6. The summed E-state index contributed by atoms with van der Waals surface area (Å²) in [5, 5.41) is 20.3. The number of aliphatic hydroxyl groups is 1. The predicted octanol–water partition coefficient (Wildman–Crippen LogP) is 2.61. The highest BCUT2D eigenvalue weighted by molar-refractivity contribution is 5.93. The molecule has 0 atom stereocenters. The third-order valence-electron chi connectivity index (χ3n) is 3.69. The van der Waals surface area contributed by atoms with Gasteiger partial charge in [0.1, 0.15) is 5.69 Å². The Labute approximate surface area is 140 Å².